The molecule has 0 spiro atoms. The van der Waals surface area contributed by atoms with Crippen LogP contribution in [0.1, 0.15) is 64.9 Å². The van der Waals surface area contributed by atoms with Crippen molar-refractivity contribution in [2.75, 3.05) is 19.5 Å². The van der Waals surface area contributed by atoms with Crippen molar-refractivity contribution in [2.24, 2.45) is 0 Å². The fourth-order valence-electron chi connectivity index (χ4n) is 8.16. The van der Waals surface area contributed by atoms with Crippen LogP contribution in [-0.2, 0) is 22.5 Å². The van der Waals surface area contributed by atoms with Crippen LogP contribution in [0, 0.1) is 0 Å². The number of hydrogen-bond donors (Lipinski definition) is 2. The van der Waals surface area contributed by atoms with E-state index in [1.807, 2.05) is 114 Å². The molecule has 0 aliphatic carbocycles. The van der Waals surface area contributed by atoms with E-state index in [0.717, 1.165) is 45.6 Å². The molecule has 0 amide bonds. The molecule has 0 radical (unpaired) electrons. The van der Waals surface area contributed by atoms with Crippen LogP contribution < -0.4 is 14.8 Å². The standard InChI is InChI=1S/C50H47N5O4/c1-4-19-46(59-50(39-24-13-7-14-25-39,40-26-15-8-16-27-40)41-30-31-44(57-2)36(32-41)34-56)55-35-52-43-33-51-48(53-47(43)55)54-49(37-20-9-5-10-21-37,38-22-11-6-12-23-38)42-28-17-18-29-45(42)58-3/h5-18,20-33,35,46,56H,4,19,34H2,1-3H3,(H,51,53,54). The summed E-state index contributed by atoms with van der Waals surface area (Å²) in [5, 5.41) is 14.3. The van der Waals surface area contributed by atoms with Crippen molar-refractivity contribution in [1.29, 1.82) is 0 Å². The van der Waals surface area contributed by atoms with Gasteiger partial charge in [0.15, 0.2) is 5.65 Å². The first kappa shape index (κ1) is 39.0. The summed E-state index contributed by atoms with van der Waals surface area (Å²) in [6, 6.07) is 54.9. The highest BCUT2D eigenvalue weighted by Crippen LogP contribution is 2.46. The lowest BCUT2D eigenvalue weighted by Crippen LogP contribution is -2.39. The van der Waals surface area contributed by atoms with Gasteiger partial charge in [0, 0.05) is 11.1 Å². The zero-order chi connectivity index (χ0) is 40.7. The summed E-state index contributed by atoms with van der Waals surface area (Å²) in [6.07, 6.45) is 4.45. The molecule has 1 atom stereocenters. The van der Waals surface area contributed by atoms with Gasteiger partial charge in [0.1, 0.15) is 34.4 Å². The number of anilines is 1. The Morgan fingerprint density at radius 2 is 1.20 bits per heavy atom. The summed E-state index contributed by atoms with van der Waals surface area (Å²) < 4.78 is 21.3. The molecule has 2 N–H and O–H groups in total. The normalized spacial score (nSPS) is 12.3. The summed E-state index contributed by atoms with van der Waals surface area (Å²) >= 11 is 0. The molecule has 9 heteroatoms. The molecular formula is C50H47N5O4. The van der Waals surface area contributed by atoms with Crippen LogP contribution in [0.4, 0.5) is 5.95 Å². The van der Waals surface area contributed by atoms with Gasteiger partial charge in [-0.15, -0.1) is 0 Å². The molecule has 59 heavy (non-hydrogen) atoms. The smallest absolute Gasteiger partial charge is 0.226 e. The minimum Gasteiger partial charge on any atom is -0.496 e. The van der Waals surface area contributed by atoms with Crippen LogP contribution in [0.15, 0.2) is 176 Å². The molecule has 8 aromatic rings. The van der Waals surface area contributed by atoms with Gasteiger partial charge in [-0.25, -0.2) is 9.97 Å². The number of para-hydroxylation sites is 1. The largest absolute Gasteiger partial charge is 0.496 e. The molecule has 296 valence electrons. The SMILES string of the molecule is CCCC(OC(c1ccccc1)(c1ccccc1)c1ccc(OC)c(CO)c1)n1cnc2cnc(NC(c3ccccc3)(c3ccccc3)c3ccccc3OC)nc21. The lowest BCUT2D eigenvalue weighted by atomic mass is 9.76. The monoisotopic (exact) mass is 781 g/mol. The number of hydrogen-bond acceptors (Lipinski definition) is 8. The Morgan fingerprint density at radius 3 is 1.76 bits per heavy atom. The second-order valence-corrected chi connectivity index (χ2v) is 14.3. The molecule has 2 aromatic heterocycles. The summed E-state index contributed by atoms with van der Waals surface area (Å²) in [4.78, 5) is 15.0. The molecule has 6 aromatic carbocycles. The number of aromatic nitrogens is 4. The average Bonchev–Trinajstić information content (AvgIpc) is 3.74. The minimum absolute atomic E-state index is 0.198. The van der Waals surface area contributed by atoms with E-state index in [9.17, 15) is 5.11 Å². The molecule has 0 aliphatic rings. The first-order chi connectivity index (χ1) is 29.0. The fraction of sp³-hybridized carbons (Fsp3) is 0.180. The van der Waals surface area contributed by atoms with Crippen molar-refractivity contribution in [1.82, 2.24) is 19.5 Å². The number of rotatable bonds is 16. The predicted molar refractivity (Wildman–Crippen MR) is 231 cm³/mol. The molecule has 0 aliphatic heterocycles. The number of ether oxygens (including phenoxy) is 3. The second-order valence-electron chi connectivity index (χ2n) is 14.3. The van der Waals surface area contributed by atoms with E-state index in [1.165, 1.54) is 0 Å². The Morgan fingerprint density at radius 1 is 0.644 bits per heavy atom. The van der Waals surface area contributed by atoms with Crippen LogP contribution in [0.3, 0.4) is 0 Å². The molecule has 0 bridgehead atoms. The number of fused-ring (bicyclic) bond motifs is 1. The van der Waals surface area contributed by atoms with Gasteiger partial charge in [-0.3, -0.25) is 4.57 Å². The van der Waals surface area contributed by atoms with Crippen LogP contribution in [0.2, 0.25) is 0 Å². The van der Waals surface area contributed by atoms with Crippen LogP contribution in [0.25, 0.3) is 11.2 Å². The Kier molecular flexibility index (Phi) is 11.5. The van der Waals surface area contributed by atoms with Crippen molar-refractivity contribution in [3.05, 3.63) is 215 Å². The van der Waals surface area contributed by atoms with Gasteiger partial charge >= 0.3 is 0 Å². The summed E-state index contributed by atoms with van der Waals surface area (Å²) in [7, 11) is 3.30. The predicted octanol–water partition coefficient (Wildman–Crippen LogP) is 10.0. The Balaban J connectivity index is 1.31. The van der Waals surface area contributed by atoms with E-state index < -0.39 is 17.4 Å². The zero-order valence-electron chi connectivity index (χ0n) is 33.4. The highest BCUT2D eigenvalue weighted by molar-refractivity contribution is 5.72. The van der Waals surface area contributed by atoms with Crippen molar-refractivity contribution in [3.63, 3.8) is 0 Å². The maximum absolute atomic E-state index is 10.5. The molecular weight excluding hydrogens is 735 g/mol. The van der Waals surface area contributed by atoms with Gasteiger partial charge in [-0.1, -0.05) is 159 Å². The van der Waals surface area contributed by atoms with Gasteiger partial charge in [-0.05, 0) is 52.4 Å². The first-order valence-electron chi connectivity index (χ1n) is 19.8. The van der Waals surface area contributed by atoms with E-state index in [4.69, 9.17) is 29.2 Å². The topological polar surface area (TPSA) is 104 Å². The highest BCUT2D eigenvalue weighted by Gasteiger charge is 2.42. The zero-order valence-corrected chi connectivity index (χ0v) is 33.4. The molecule has 8 rings (SSSR count). The van der Waals surface area contributed by atoms with Gasteiger partial charge < -0.3 is 24.6 Å². The Bertz CT molecular complexity index is 2520. The van der Waals surface area contributed by atoms with Crippen molar-refractivity contribution in [2.45, 2.75) is 43.7 Å². The van der Waals surface area contributed by atoms with Crippen LogP contribution in [0.5, 0.6) is 11.5 Å². The van der Waals surface area contributed by atoms with E-state index >= 15 is 0 Å². The Hall–Kier alpha value is -6.81. The number of nitrogens with zero attached hydrogens (tertiary/aromatic N) is 4. The summed E-state index contributed by atoms with van der Waals surface area (Å²) in [6.45, 7) is 1.94. The van der Waals surface area contributed by atoms with Gasteiger partial charge in [0.25, 0.3) is 0 Å². The lowest BCUT2D eigenvalue weighted by Gasteiger charge is -2.39. The number of aliphatic hydroxyl groups is 1. The second kappa shape index (κ2) is 17.4. The van der Waals surface area contributed by atoms with Gasteiger partial charge in [0.05, 0.1) is 33.4 Å². The lowest BCUT2D eigenvalue weighted by molar-refractivity contribution is -0.0885. The maximum Gasteiger partial charge on any atom is 0.226 e. The first-order valence-corrected chi connectivity index (χ1v) is 19.8. The molecule has 0 saturated carbocycles. The fourth-order valence-corrected chi connectivity index (χ4v) is 8.16. The average molecular weight is 782 g/mol. The third-order valence-electron chi connectivity index (χ3n) is 10.9. The van der Waals surface area contributed by atoms with E-state index in [0.29, 0.717) is 34.8 Å². The van der Waals surface area contributed by atoms with Gasteiger partial charge in [0.2, 0.25) is 5.95 Å². The van der Waals surface area contributed by atoms with Gasteiger partial charge in [-0.2, -0.15) is 4.98 Å². The Labute approximate surface area is 345 Å². The number of methoxy groups -OCH3 is 2. The number of nitrogens with one attached hydrogen (secondary N) is 1. The molecule has 9 nitrogen and oxygen atoms in total. The summed E-state index contributed by atoms with van der Waals surface area (Å²) in [5.74, 6) is 1.72. The van der Waals surface area contributed by atoms with Crippen LogP contribution in [-0.4, -0.2) is 38.8 Å². The summed E-state index contributed by atoms with van der Waals surface area (Å²) in [5.41, 5.74) is 5.38. The van der Waals surface area contributed by atoms with Crippen molar-refractivity contribution >= 4 is 17.1 Å². The molecule has 1 unspecified atom stereocenters. The van der Waals surface area contributed by atoms with E-state index in [2.05, 4.69) is 66.8 Å². The molecule has 0 fully saturated rings. The third-order valence-corrected chi connectivity index (χ3v) is 10.9. The molecule has 2 heterocycles. The highest BCUT2D eigenvalue weighted by atomic mass is 16.5. The number of aliphatic hydroxyl groups excluding tert-OH is 1. The van der Waals surface area contributed by atoms with E-state index in [-0.39, 0.29) is 6.61 Å². The molecule has 0 saturated heterocycles. The number of benzene rings is 6. The van der Waals surface area contributed by atoms with Crippen molar-refractivity contribution < 1.29 is 19.3 Å². The van der Waals surface area contributed by atoms with Crippen molar-refractivity contribution in [3.8, 4) is 11.5 Å². The van der Waals surface area contributed by atoms with Crippen LogP contribution >= 0.6 is 0 Å². The minimum atomic E-state index is -1.12. The number of imidazole rings is 1. The quantitative estimate of drug-likeness (QED) is 0.0935. The third kappa shape index (κ3) is 7.31. The van der Waals surface area contributed by atoms with E-state index in [1.54, 1.807) is 26.7 Å². The maximum atomic E-state index is 10.5.